The average molecular weight is 554 g/mol. The van der Waals surface area contributed by atoms with Gasteiger partial charge in [0.15, 0.2) is 11.5 Å². The molecule has 8 nitrogen and oxygen atoms in total. The van der Waals surface area contributed by atoms with Gasteiger partial charge in [-0.2, -0.15) is 0 Å². The molecule has 0 unspecified atom stereocenters. The highest BCUT2D eigenvalue weighted by Gasteiger charge is 2.52. The maximum atomic E-state index is 12.5. The molecule has 3 N–H and O–H groups in total. The van der Waals surface area contributed by atoms with Gasteiger partial charge in [-0.3, -0.25) is 4.90 Å². The zero-order valence-electron chi connectivity index (χ0n) is 23.8. The van der Waals surface area contributed by atoms with Crippen LogP contribution in [-0.2, 0) is 25.4 Å². The van der Waals surface area contributed by atoms with Crippen molar-refractivity contribution in [3.63, 3.8) is 0 Å². The van der Waals surface area contributed by atoms with Crippen molar-refractivity contribution in [2.45, 2.75) is 70.6 Å². The summed E-state index contributed by atoms with van der Waals surface area (Å²) in [7, 11) is 1.42. The number of carbonyl (C=O) groups is 1. The number of methoxy groups -OCH3 is 1. The van der Waals surface area contributed by atoms with E-state index in [0.717, 1.165) is 50.8 Å². The van der Waals surface area contributed by atoms with E-state index in [1.807, 2.05) is 6.07 Å². The molecule has 4 aliphatic heterocycles. The Morgan fingerprint density at radius 3 is 2.55 bits per heavy atom. The van der Waals surface area contributed by atoms with Crippen molar-refractivity contribution in [2.75, 3.05) is 26.9 Å². The molecule has 1 aromatic carbocycles. The van der Waals surface area contributed by atoms with Crippen LogP contribution in [0.5, 0.6) is 0 Å². The largest absolute Gasteiger partial charge is 0.492 e. The maximum absolute atomic E-state index is 12.5. The van der Waals surface area contributed by atoms with Gasteiger partial charge in [0, 0.05) is 24.5 Å². The average Bonchev–Trinajstić information content (AvgIpc) is 3.42. The third-order valence-electron chi connectivity index (χ3n) is 9.03. The van der Waals surface area contributed by atoms with E-state index in [-0.39, 0.29) is 41.7 Å². The van der Waals surface area contributed by atoms with Crippen molar-refractivity contribution in [2.24, 2.45) is 23.7 Å². The molecule has 5 rings (SSSR count). The fraction of sp³-hybridized carbons (Fsp3) is 0.594. The minimum atomic E-state index is -0.668. The van der Waals surface area contributed by atoms with Gasteiger partial charge >= 0.3 is 5.97 Å². The Kier molecular flexibility index (Phi) is 9.00. The highest BCUT2D eigenvalue weighted by Crippen LogP contribution is 2.50. The van der Waals surface area contributed by atoms with Gasteiger partial charge < -0.3 is 29.5 Å². The summed E-state index contributed by atoms with van der Waals surface area (Å²) in [5.74, 6) is 1.03. The van der Waals surface area contributed by atoms with E-state index < -0.39 is 24.6 Å². The predicted octanol–water partition coefficient (Wildman–Crippen LogP) is 3.68. The number of esters is 1. The second-order valence-electron chi connectivity index (χ2n) is 12.0. The van der Waals surface area contributed by atoms with E-state index in [9.17, 15) is 20.1 Å². The molecule has 0 amide bonds. The van der Waals surface area contributed by atoms with E-state index in [1.165, 1.54) is 12.7 Å². The molecule has 4 aliphatic rings. The Bertz CT molecular complexity index is 1160. The molecule has 0 aliphatic carbocycles. The number of hydrogen-bond donors (Lipinski definition) is 3. The van der Waals surface area contributed by atoms with Crippen molar-refractivity contribution in [3.05, 3.63) is 70.6 Å². The van der Waals surface area contributed by atoms with Crippen molar-refractivity contribution in [1.29, 1.82) is 0 Å². The monoisotopic (exact) mass is 553 g/mol. The normalized spacial score (nSPS) is 31.3. The molecule has 4 heterocycles. The molecule has 8 heteroatoms. The molecule has 0 bridgehead atoms. The highest BCUT2D eigenvalue weighted by atomic mass is 16.6. The van der Waals surface area contributed by atoms with Gasteiger partial charge in [0.05, 0.1) is 32.3 Å². The lowest BCUT2D eigenvalue weighted by atomic mass is 9.73. The van der Waals surface area contributed by atoms with Gasteiger partial charge in [-0.15, -0.1) is 0 Å². The predicted molar refractivity (Wildman–Crippen MR) is 149 cm³/mol. The molecule has 0 aromatic heterocycles. The van der Waals surface area contributed by atoms with Gasteiger partial charge in [-0.05, 0) is 62.0 Å². The Morgan fingerprint density at radius 1 is 1.10 bits per heavy atom. The molecule has 218 valence electrons. The number of fused-ring (bicyclic) bond motifs is 3. The van der Waals surface area contributed by atoms with E-state index in [0.29, 0.717) is 17.6 Å². The van der Waals surface area contributed by atoms with Crippen LogP contribution in [0.2, 0.25) is 0 Å². The van der Waals surface area contributed by atoms with E-state index in [1.54, 1.807) is 0 Å². The molecule has 0 saturated carbocycles. The van der Waals surface area contributed by atoms with Crippen LogP contribution in [0.15, 0.2) is 65.0 Å². The lowest BCUT2D eigenvalue weighted by Gasteiger charge is -2.49. The smallest absolute Gasteiger partial charge is 0.345 e. The minimum absolute atomic E-state index is 0.00902. The van der Waals surface area contributed by atoms with Crippen LogP contribution in [0.1, 0.15) is 51.5 Å². The minimum Gasteiger partial charge on any atom is -0.492 e. The van der Waals surface area contributed by atoms with Crippen molar-refractivity contribution in [1.82, 2.24) is 4.90 Å². The van der Waals surface area contributed by atoms with Crippen LogP contribution in [-0.4, -0.2) is 71.2 Å². The number of aliphatic hydroxyl groups excluding tert-OH is 3. The van der Waals surface area contributed by atoms with Gasteiger partial charge in [-0.1, -0.05) is 44.2 Å². The number of rotatable bonds is 9. The Hall–Kier alpha value is -2.65. The first-order chi connectivity index (χ1) is 19.4. The Morgan fingerprint density at radius 2 is 1.88 bits per heavy atom. The summed E-state index contributed by atoms with van der Waals surface area (Å²) < 4.78 is 17.4. The lowest BCUT2D eigenvalue weighted by molar-refractivity contribution is -0.134. The van der Waals surface area contributed by atoms with Crippen LogP contribution in [0.3, 0.4) is 0 Å². The molecule has 1 aromatic rings. The van der Waals surface area contributed by atoms with E-state index >= 15 is 0 Å². The summed E-state index contributed by atoms with van der Waals surface area (Å²) in [6.07, 6.45) is 6.87. The summed E-state index contributed by atoms with van der Waals surface area (Å²) in [4.78, 5) is 14.9. The highest BCUT2D eigenvalue weighted by molar-refractivity contribution is 5.94. The molecular formula is C32H43NO7. The Balaban J connectivity index is 1.51. The maximum Gasteiger partial charge on any atom is 0.345 e. The summed E-state index contributed by atoms with van der Waals surface area (Å²) >= 11 is 0. The zero-order chi connectivity index (χ0) is 28.4. The van der Waals surface area contributed by atoms with E-state index in [2.05, 4.69) is 49.1 Å². The summed E-state index contributed by atoms with van der Waals surface area (Å²) in [6.45, 7) is 4.48. The molecule has 2 fully saturated rings. The zero-order valence-corrected chi connectivity index (χ0v) is 23.8. The fourth-order valence-corrected chi connectivity index (χ4v) is 7.15. The third kappa shape index (κ3) is 5.59. The van der Waals surface area contributed by atoms with Crippen molar-refractivity contribution >= 4 is 5.97 Å². The number of ether oxygens (including phenoxy) is 3. The van der Waals surface area contributed by atoms with Crippen LogP contribution >= 0.6 is 0 Å². The SMILES string of the molecule is COC1=C(CO)C(=O)OC1=C1OC2=CCCN3[C@H](C[C@H](Cc4ccccc4)C[C@@H]3[C@@H](O)CCC(C)C)[C@H]2[C@@H]1CO. The van der Waals surface area contributed by atoms with Gasteiger partial charge in [-0.25, -0.2) is 4.79 Å². The van der Waals surface area contributed by atoms with E-state index in [4.69, 9.17) is 14.2 Å². The quantitative estimate of drug-likeness (QED) is 0.398. The first-order valence-corrected chi connectivity index (χ1v) is 14.7. The number of nitrogens with zero attached hydrogens (tertiary/aromatic N) is 1. The second kappa shape index (κ2) is 12.5. The van der Waals surface area contributed by atoms with Gasteiger partial charge in [0.25, 0.3) is 0 Å². The van der Waals surface area contributed by atoms with Crippen LogP contribution in [0.25, 0.3) is 0 Å². The Labute approximate surface area is 236 Å². The fourth-order valence-electron chi connectivity index (χ4n) is 7.15. The molecule has 2 saturated heterocycles. The van der Waals surface area contributed by atoms with Crippen molar-refractivity contribution in [3.8, 4) is 0 Å². The topological polar surface area (TPSA) is 109 Å². The number of benzene rings is 1. The molecule has 6 atom stereocenters. The van der Waals surface area contributed by atoms with Crippen LogP contribution < -0.4 is 0 Å². The van der Waals surface area contributed by atoms with Gasteiger partial charge in [0.2, 0.25) is 5.76 Å². The molecule has 0 radical (unpaired) electrons. The molecule has 0 spiro atoms. The molecular weight excluding hydrogens is 510 g/mol. The lowest BCUT2D eigenvalue weighted by Crippen LogP contribution is -2.57. The first kappa shape index (κ1) is 28.9. The summed E-state index contributed by atoms with van der Waals surface area (Å²) in [6, 6.07) is 10.5. The first-order valence-electron chi connectivity index (χ1n) is 14.7. The standard InChI is InChI=1S/C32H43NO7/c1-19(2)11-12-26(36)24-15-21(14-20-8-5-4-6-9-20)16-25-28-22(17-34)30(39-27(28)10-7-13-33(24)25)31-29(38-3)23(18-35)32(37)40-31/h4-6,8-10,19,21-22,24-26,28,34-36H,7,11-18H2,1-3H3/t21-,22+,24-,25-,26+,28-/m1/s1. The number of carbonyl (C=O) groups excluding carboxylic acids is 1. The number of cyclic esters (lactones) is 1. The van der Waals surface area contributed by atoms with Crippen LogP contribution in [0.4, 0.5) is 0 Å². The van der Waals surface area contributed by atoms with Crippen molar-refractivity contribution < 1.29 is 34.3 Å². The van der Waals surface area contributed by atoms with Gasteiger partial charge in [0.1, 0.15) is 11.3 Å². The summed E-state index contributed by atoms with van der Waals surface area (Å²) in [5.41, 5.74) is 1.33. The third-order valence-corrected chi connectivity index (χ3v) is 9.03. The summed E-state index contributed by atoms with van der Waals surface area (Å²) in [5, 5.41) is 32.0. The number of piperidine rings is 1. The number of aliphatic hydroxyl groups is 3. The second-order valence-corrected chi connectivity index (χ2v) is 12.0. The van der Waals surface area contributed by atoms with Crippen LogP contribution in [0, 0.1) is 23.7 Å². The molecule has 40 heavy (non-hydrogen) atoms. The number of hydrogen-bond acceptors (Lipinski definition) is 8.